The minimum atomic E-state index is 0.596. The topological polar surface area (TPSA) is 38.0 Å². The van der Waals surface area contributed by atoms with Crippen LogP contribution in [-0.2, 0) is 0 Å². The predicted molar refractivity (Wildman–Crippen MR) is 43.9 cm³/mol. The Morgan fingerprint density at radius 1 is 1.60 bits per heavy atom. The zero-order chi connectivity index (χ0) is 7.40. The molecule has 0 bridgehead atoms. The van der Waals surface area contributed by atoms with E-state index in [0.29, 0.717) is 6.04 Å². The van der Waals surface area contributed by atoms with Gasteiger partial charge in [0.25, 0.3) is 0 Å². The van der Waals surface area contributed by atoms with Crippen LogP contribution in [0.25, 0.3) is 0 Å². The SMILES string of the molecule is CCNC(CN)C1CCC1. The maximum absolute atomic E-state index is 5.61. The van der Waals surface area contributed by atoms with Gasteiger partial charge in [-0.05, 0) is 25.3 Å². The van der Waals surface area contributed by atoms with Crippen molar-refractivity contribution in [3.8, 4) is 0 Å². The van der Waals surface area contributed by atoms with Crippen LogP contribution < -0.4 is 11.1 Å². The summed E-state index contributed by atoms with van der Waals surface area (Å²) >= 11 is 0. The monoisotopic (exact) mass is 142 g/mol. The molecule has 1 aliphatic rings. The highest BCUT2D eigenvalue weighted by atomic mass is 14.9. The van der Waals surface area contributed by atoms with Gasteiger partial charge in [-0.25, -0.2) is 0 Å². The molecule has 0 aromatic heterocycles. The smallest absolute Gasteiger partial charge is 0.0218 e. The molecule has 2 heteroatoms. The van der Waals surface area contributed by atoms with Crippen LogP contribution in [0.1, 0.15) is 26.2 Å². The molecule has 1 unspecified atom stereocenters. The Morgan fingerprint density at radius 2 is 2.30 bits per heavy atom. The van der Waals surface area contributed by atoms with Crippen LogP contribution in [0.15, 0.2) is 0 Å². The van der Waals surface area contributed by atoms with E-state index in [2.05, 4.69) is 12.2 Å². The van der Waals surface area contributed by atoms with E-state index in [4.69, 9.17) is 5.73 Å². The van der Waals surface area contributed by atoms with Crippen LogP contribution in [0.2, 0.25) is 0 Å². The van der Waals surface area contributed by atoms with Crippen LogP contribution in [0, 0.1) is 5.92 Å². The van der Waals surface area contributed by atoms with E-state index in [1.807, 2.05) is 0 Å². The Bertz CT molecular complexity index is 89.3. The van der Waals surface area contributed by atoms with Gasteiger partial charge in [0.2, 0.25) is 0 Å². The van der Waals surface area contributed by atoms with E-state index in [9.17, 15) is 0 Å². The number of nitrogens with two attached hydrogens (primary N) is 1. The van der Waals surface area contributed by atoms with Crippen molar-refractivity contribution in [1.82, 2.24) is 5.32 Å². The van der Waals surface area contributed by atoms with Crippen LogP contribution in [0.5, 0.6) is 0 Å². The van der Waals surface area contributed by atoms with Gasteiger partial charge in [0.1, 0.15) is 0 Å². The first-order chi connectivity index (χ1) is 4.88. The number of nitrogens with one attached hydrogen (secondary N) is 1. The molecule has 1 rings (SSSR count). The summed E-state index contributed by atoms with van der Waals surface area (Å²) in [6.45, 7) is 4.00. The molecule has 0 aromatic rings. The summed E-state index contributed by atoms with van der Waals surface area (Å²) in [6.07, 6.45) is 4.18. The normalized spacial score (nSPS) is 22.2. The molecule has 0 aliphatic heterocycles. The third kappa shape index (κ3) is 1.70. The molecule has 60 valence electrons. The maximum Gasteiger partial charge on any atom is 0.0218 e. The van der Waals surface area contributed by atoms with E-state index in [1.54, 1.807) is 0 Å². The molecule has 0 amide bonds. The molecule has 1 saturated carbocycles. The van der Waals surface area contributed by atoms with Crippen molar-refractivity contribution < 1.29 is 0 Å². The summed E-state index contributed by atoms with van der Waals surface area (Å²) in [6, 6.07) is 0.596. The lowest BCUT2D eigenvalue weighted by molar-refractivity contribution is 0.235. The average Bonchev–Trinajstić information content (AvgIpc) is 1.83. The van der Waals surface area contributed by atoms with Crippen molar-refractivity contribution >= 4 is 0 Å². The fourth-order valence-corrected chi connectivity index (χ4v) is 1.55. The first kappa shape index (κ1) is 8.02. The van der Waals surface area contributed by atoms with Crippen molar-refractivity contribution in [3.63, 3.8) is 0 Å². The van der Waals surface area contributed by atoms with Gasteiger partial charge in [-0.15, -0.1) is 0 Å². The lowest BCUT2D eigenvalue weighted by Gasteiger charge is -2.33. The second kappa shape index (κ2) is 3.94. The third-order valence-electron chi connectivity index (χ3n) is 2.44. The van der Waals surface area contributed by atoms with Gasteiger partial charge < -0.3 is 11.1 Å². The van der Waals surface area contributed by atoms with Crippen LogP contribution >= 0.6 is 0 Å². The standard InChI is InChI=1S/C8H18N2/c1-2-10-8(6-9)7-4-3-5-7/h7-8,10H,2-6,9H2,1H3. The molecular weight excluding hydrogens is 124 g/mol. The molecular formula is C8H18N2. The minimum Gasteiger partial charge on any atom is -0.329 e. The summed E-state index contributed by atoms with van der Waals surface area (Å²) in [5.41, 5.74) is 5.61. The first-order valence-corrected chi connectivity index (χ1v) is 4.32. The van der Waals surface area contributed by atoms with Gasteiger partial charge in [0.15, 0.2) is 0 Å². The zero-order valence-corrected chi connectivity index (χ0v) is 6.77. The summed E-state index contributed by atoms with van der Waals surface area (Å²) in [7, 11) is 0. The third-order valence-corrected chi connectivity index (χ3v) is 2.44. The Balaban J connectivity index is 2.17. The van der Waals surface area contributed by atoms with E-state index in [-0.39, 0.29) is 0 Å². The van der Waals surface area contributed by atoms with Crippen molar-refractivity contribution in [2.24, 2.45) is 11.7 Å². The number of hydrogen-bond acceptors (Lipinski definition) is 2. The highest BCUT2D eigenvalue weighted by Gasteiger charge is 2.24. The number of hydrogen-bond donors (Lipinski definition) is 2. The van der Waals surface area contributed by atoms with E-state index < -0.39 is 0 Å². The van der Waals surface area contributed by atoms with Gasteiger partial charge in [0.05, 0.1) is 0 Å². The predicted octanol–water partition coefficient (Wildman–Crippen LogP) is 0.723. The fourth-order valence-electron chi connectivity index (χ4n) is 1.55. The Morgan fingerprint density at radius 3 is 2.60 bits per heavy atom. The van der Waals surface area contributed by atoms with Crippen molar-refractivity contribution in [2.75, 3.05) is 13.1 Å². The van der Waals surface area contributed by atoms with Gasteiger partial charge in [-0.2, -0.15) is 0 Å². The van der Waals surface area contributed by atoms with Crippen LogP contribution in [0.4, 0.5) is 0 Å². The summed E-state index contributed by atoms with van der Waals surface area (Å²) in [5.74, 6) is 0.880. The Kier molecular flexibility index (Phi) is 3.16. The molecule has 0 radical (unpaired) electrons. The molecule has 2 nitrogen and oxygen atoms in total. The number of rotatable bonds is 4. The molecule has 0 heterocycles. The highest BCUT2D eigenvalue weighted by Crippen LogP contribution is 2.28. The molecule has 1 atom stereocenters. The minimum absolute atomic E-state index is 0.596. The van der Waals surface area contributed by atoms with Gasteiger partial charge in [0, 0.05) is 12.6 Å². The van der Waals surface area contributed by atoms with Crippen molar-refractivity contribution in [2.45, 2.75) is 32.2 Å². The Hall–Kier alpha value is -0.0800. The van der Waals surface area contributed by atoms with Gasteiger partial charge in [-0.1, -0.05) is 13.3 Å². The Labute approximate surface area is 63.2 Å². The van der Waals surface area contributed by atoms with E-state index in [1.165, 1.54) is 19.3 Å². The van der Waals surface area contributed by atoms with Crippen molar-refractivity contribution in [1.29, 1.82) is 0 Å². The van der Waals surface area contributed by atoms with E-state index >= 15 is 0 Å². The van der Waals surface area contributed by atoms with Gasteiger partial charge in [-0.3, -0.25) is 0 Å². The summed E-state index contributed by atoms with van der Waals surface area (Å²) < 4.78 is 0. The average molecular weight is 142 g/mol. The molecule has 0 spiro atoms. The van der Waals surface area contributed by atoms with Crippen molar-refractivity contribution in [3.05, 3.63) is 0 Å². The lowest BCUT2D eigenvalue weighted by Crippen LogP contribution is -2.44. The largest absolute Gasteiger partial charge is 0.329 e. The molecule has 1 fully saturated rings. The fraction of sp³-hybridized carbons (Fsp3) is 1.00. The molecule has 3 N–H and O–H groups in total. The zero-order valence-electron chi connectivity index (χ0n) is 6.77. The van der Waals surface area contributed by atoms with Crippen LogP contribution in [0.3, 0.4) is 0 Å². The molecule has 0 saturated heterocycles. The molecule has 0 aromatic carbocycles. The number of likely N-dealkylation sites (N-methyl/N-ethyl adjacent to an activating group) is 1. The van der Waals surface area contributed by atoms with Gasteiger partial charge >= 0.3 is 0 Å². The molecule has 10 heavy (non-hydrogen) atoms. The van der Waals surface area contributed by atoms with Crippen LogP contribution in [-0.4, -0.2) is 19.1 Å². The molecule has 1 aliphatic carbocycles. The first-order valence-electron chi connectivity index (χ1n) is 4.32. The summed E-state index contributed by atoms with van der Waals surface area (Å²) in [5, 5.41) is 3.41. The van der Waals surface area contributed by atoms with E-state index in [0.717, 1.165) is 19.0 Å². The second-order valence-electron chi connectivity index (χ2n) is 3.09. The summed E-state index contributed by atoms with van der Waals surface area (Å²) in [4.78, 5) is 0. The maximum atomic E-state index is 5.61. The highest BCUT2D eigenvalue weighted by molar-refractivity contribution is 4.82. The second-order valence-corrected chi connectivity index (χ2v) is 3.09. The lowest BCUT2D eigenvalue weighted by atomic mass is 9.80. The quantitative estimate of drug-likeness (QED) is 0.607.